The molecule has 1 unspecified atom stereocenters. The van der Waals surface area contributed by atoms with Gasteiger partial charge in [0.15, 0.2) is 0 Å². The third-order valence-corrected chi connectivity index (χ3v) is 4.01. The first-order chi connectivity index (χ1) is 10.6. The summed E-state index contributed by atoms with van der Waals surface area (Å²) in [6.45, 7) is 8.79. The van der Waals surface area contributed by atoms with Gasteiger partial charge in [-0.25, -0.2) is 0 Å². The highest BCUT2D eigenvalue weighted by atomic mass is 16.5. The van der Waals surface area contributed by atoms with Gasteiger partial charge in [0.05, 0.1) is 13.2 Å². The number of amides is 1. The van der Waals surface area contributed by atoms with Crippen molar-refractivity contribution in [3.63, 3.8) is 0 Å². The van der Waals surface area contributed by atoms with Crippen LogP contribution < -0.4 is 10.1 Å². The minimum atomic E-state index is 0.0817. The molecule has 1 heterocycles. The quantitative estimate of drug-likeness (QED) is 0.861. The Labute approximate surface area is 133 Å². The summed E-state index contributed by atoms with van der Waals surface area (Å²) in [6.07, 6.45) is 0. The number of rotatable bonds is 6. The molecule has 2 rings (SSSR count). The summed E-state index contributed by atoms with van der Waals surface area (Å²) < 4.78 is 5.47. The second-order valence-electron chi connectivity index (χ2n) is 5.94. The molecule has 0 bridgehead atoms. The molecule has 1 aliphatic rings. The van der Waals surface area contributed by atoms with Gasteiger partial charge in [-0.2, -0.15) is 0 Å². The van der Waals surface area contributed by atoms with Gasteiger partial charge in [0.1, 0.15) is 5.75 Å². The Hall–Kier alpha value is -1.59. The standard InChI is InChI=1S/C17H27N3O2/c1-4-22-16-7-5-6-15(10-16)11-18-17(21)13-20-9-8-19(3)12-14(20)2/h5-7,10,14H,4,8-9,11-13H2,1-3H3,(H,18,21). The van der Waals surface area contributed by atoms with Crippen LogP contribution in [0.4, 0.5) is 0 Å². The molecule has 122 valence electrons. The first-order valence-corrected chi connectivity index (χ1v) is 7.99. The third kappa shape index (κ3) is 5.00. The molecule has 22 heavy (non-hydrogen) atoms. The van der Waals surface area contributed by atoms with Crippen molar-refractivity contribution in [1.29, 1.82) is 0 Å². The largest absolute Gasteiger partial charge is 0.494 e. The van der Waals surface area contributed by atoms with Crippen molar-refractivity contribution < 1.29 is 9.53 Å². The van der Waals surface area contributed by atoms with Gasteiger partial charge in [-0.3, -0.25) is 9.69 Å². The summed E-state index contributed by atoms with van der Waals surface area (Å²) in [4.78, 5) is 16.7. The number of carbonyl (C=O) groups excluding carboxylic acids is 1. The van der Waals surface area contributed by atoms with Crippen molar-refractivity contribution in [1.82, 2.24) is 15.1 Å². The SMILES string of the molecule is CCOc1cccc(CNC(=O)CN2CCN(C)CC2C)c1. The van der Waals surface area contributed by atoms with Gasteiger partial charge >= 0.3 is 0 Å². The number of hydrogen-bond donors (Lipinski definition) is 1. The van der Waals surface area contributed by atoms with E-state index in [-0.39, 0.29) is 5.91 Å². The van der Waals surface area contributed by atoms with Crippen molar-refractivity contribution in [2.75, 3.05) is 39.8 Å². The molecule has 1 aromatic rings. The normalized spacial score (nSPS) is 19.9. The van der Waals surface area contributed by atoms with Crippen LogP contribution in [0.2, 0.25) is 0 Å². The van der Waals surface area contributed by atoms with Crippen molar-refractivity contribution in [2.45, 2.75) is 26.4 Å². The van der Waals surface area contributed by atoms with Gasteiger partial charge in [-0.1, -0.05) is 12.1 Å². The van der Waals surface area contributed by atoms with E-state index in [1.165, 1.54) is 0 Å². The first-order valence-electron chi connectivity index (χ1n) is 7.99. The van der Waals surface area contributed by atoms with Crippen molar-refractivity contribution >= 4 is 5.91 Å². The number of ether oxygens (including phenoxy) is 1. The number of benzene rings is 1. The summed E-state index contributed by atoms with van der Waals surface area (Å²) in [7, 11) is 2.12. The molecule has 0 saturated carbocycles. The molecule has 1 aromatic carbocycles. The number of nitrogens with zero attached hydrogens (tertiary/aromatic N) is 2. The Morgan fingerprint density at radius 1 is 1.41 bits per heavy atom. The maximum atomic E-state index is 12.1. The first kappa shape index (κ1) is 16.8. The van der Waals surface area contributed by atoms with Gasteiger partial charge in [-0.15, -0.1) is 0 Å². The molecule has 0 spiro atoms. The number of likely N-dealkylation sites (N-methyl/N-ethyl adjacent to an activating group) is 1. The maximum Gasteiger partial charge on any atom is 0.234 e. The zero-order valence-corrected chi connectivity index (χ0v) is 13.8. The minimum absolute atomic E-state index is 0.0817. The number of nitrogens with one attached hydrogen (secondary N) is 1. The van der Waals surface area contributed by atoms with E-state index < -0.39 is 0 Å². The van der Waals surface area contributed by atoms with Gasteiger partial charge in [-0.05, 0) is 38.6 Å². The number of piperazine rings is 1. The topological polar surface area (TPSA) is 44.8 Å². The predicted octanol–water partition coefficient (Wildman–Crippen LogP) is 1.34. The molecule has 1 aliphatic heterocycles. The molecule has 0 aromatic heterocycles. The van der Waals surface area contributed by atoms with Crippen molar-refractivity contribution in [2.24, 2.45) is 0 Å². The zero-order valence-electron chi connectivity index (χ0n) is 13.8. The Bertz CT molecular complexity index is 493. The molecule has 0 radical (unpaired) electrons. The van der Waals surface area contributed by atoms with E-state index in [2.05, 4.69) is 29.1 Å². The van der Waals surface area contributed by atoms with Crippen LogP contribution in [0.15, 0.2) is 24.3 Å². The molecule has 5 heteroatoms. The smallest absolute Gasteiger partial charge is 0.234 e. The third-order valence-electron chi connectivity index (χ3n) is 4.01. The van der Waals surface area contributed by atoms with Gasteiger partial charge in [0.25, 0.3) is 0 Å². The molecule has 1 fully saturated rings. The summed E-state index contributed by atoms with van der Waals surface area (Å²) in [5.41, 5.74) is 1.06. The monoisotopic (exact) mass is 305 g/mol. The Balaban J connectivity index is 1.79. The number of hydrogen-bond acceptors (Lipinski definition) is 4. The van der Waals surface area contributed by atoms with Crippen LogP contribution >= 0.6 is 0 Å². The maximum absolute atomic E-state index is 12.1. The van der Waals surface area contributed by atoms with E-state index in [9.17, 15) is 4.79 Å². The molecular weight excluding hydrogens is 278 g/mol. The molecule has 1 amide bonds. The molecule has 1 atom stereocenters. The second kappa shape index (κ2) is 8.15. The van der Waals surface area contributed by atoms with E-state index in [4.69, 9.17) is 4.74 Å². The lowest BCUT2D eigenvalue weighted by molar-refractivity contribution is -0.123. The lowest BCUT2D eigenvalue weighted by Crippen LogP contribution is -2.53. The van der Waals surface area contributed by atoms with Crippen LogP contribution in [0, 0.1) is 0 Å². The van der Waals surface area contributed by atoms with E-state index >= 15 is 0 Å². The highest BCUT2D eigenvalue weighted by Gasteiger charge is 2.22. The Morgan fingerprint density at radius 3 is 2.95 bits per heavy atom. The van der Waals surface area contributed by atoms with Crippen LogP contribution in [-0.4, -0.2) is 61.6 Å². The average molecular weight is 305 g/mol. The summed E-state index contributed by atoms with van der Waals surface area (Å²) in [6, 6.07) is 8.28. The molecule has 0 aliphatic carbocycles. The van der Waals surface area contributed by atoms with E-state index in [0.717, 1.165) is 30.9 Å². The van der Waals surface area contributed by atoms with Gasteiger partial charge < -0.3 is 15.0 Å². The van der Waals surface area contributed by atoms with Crippen molar-refractivity contribution in [3.05, 3.63) is 29.8 Å². The fourth-order valence-electron chi connectivity index (χ4n) is 2.77. The Kier molecular flexibility index (Phi) is 6.21. The molecule has 1 saturated heterocycles. The lowest BCUT2D eigenvalue weighted by atomic mass is 10.2. The average Bonchev–Trinajstić information content (AvgIpc) is 2.49. The van der Waals surface area contributed by atoms with Crippen LogP contribution in [-0.2, 0) is 11.3 Å². The van der Waals surface area contributed by atoms with Gasteiger partial charge in [0, 0.05) is 32.2 Å². The lowest BCUT2D eigenvalue weighted by Gasteiger charge is -2.37. The van der Waals surface area contributed by atoms with Crippen LogP contribution in [0.3, 0.4) is 0 Å². The summed E-state index contributed by atoms with van der Waals surface area (Å²) >= 11 is 0. The van der Waals surface area contributed by atoms with E-state index in [1.807, 2.05) is 31.2 Å². The zero-order chi connectivity index (χ0) is 15.9. The summed E-state index contributed by atoms with van der Waals surface area (Å²) in [5.74, 6) is 0.931. The minimum Gasteiger partial charge on any atom is -0.494 e. The van der Waals surface area contributed by atoms with Gasteiger partial charge in [0.2, 0.25) is 5.91 Å². The van der Waals surface area contributed by atoms with E-state index in [1.54, 1.807) is 0 Å². The molecule has 1 N–H and O–H groups in total. The summed E-state index contributed by atoms with van der Waals surface area (Å²) in [5, 5.41) is 3.00. The molecular formula is C17H27N3O2. The van der Waals surface area contributed by atoms with Crippen LogP contribution in [0.25, 0.3) is 0 Å². The second-order valence-corrected chi connectivity index (χ2v) is 5.94. The highest BCUT2D eigenvalue weighted by Crippen LogP contribution is 2.13. The fraction of sp³-hybridized carbons (Fsp3) is 0.588. The predicted molar refractivity (Wildman–Crippen MR) is 88.0 cm³/mol. The molecule has 5 nitrogen and oxygen atoms in total. The number of carbonyl (C=O) groups is 1. The van der Waals surface area contributed by atoms with Crippen molar-refractivity contribution in [3.8, 4) is 5.75 Å². The van der Waals surface area contributed by atoms with E-state index in [0.29, 0.717) is 25.7 Å². The van der Waals surface area contributed by atoms with Crippen LogP contribution in [0.1, 0.15) is 19.4 Å². The fourth-order valence-corrected chi connectivity index (χ4v) is 2.77. The van der Waals surface area contributed by atoms with Crippen LogP contribution in [0.5, 0.6) is 5.75 Å². The highest BCUT2D eigenvalue weighted by molar-refractivity contribution is 5.78. The Morgan fingerprint density at radius 2 is 2.23 bits per heavy atom.